The molecule has 0 saturated heterocycles. The molecule has 1 aliphatic rings. The molecular formula is C20H20Cl2N2O6S. The Morgan fingerprint density at radius 2 is 1.94 bits per heavy atom. The lowest BCUT2D eigenvalue weighted by Gasteiger charge is -2.34. The molecule has 2 aromatic rings. The molecule has 0 unspecified atom stereocenters. The van der Waals surface area contributed by atoms with Crippen LogP contribution in [0.5, 0.6) is 5.75 Å². The Hall–Kier alpha value is -2.33. The number of halogens is 2. The van der Waals surface area contributed by atoms with Crippen molar-refractivity contribution in [1.29, 1.82) is 0 Å². The van der Waals surface area contributed by atoms with Crippen LogP contribution >= 0.6 is 23.2 Å². The van der Waals surface area contributed by atoms with Gasteiger partial charge in [-0.1, -0.05) is 42.3 Å². The lowest BCUT2D eigenvalue weighted by Crippen LogP contribution is -2.50. The molecule has 1 amide bonds. The summed E-state index contributed by atoms with van der Waals surface area (Å²) in [4.78, 5) is 26.3. The third kappa shape index (κ3) is 4.79. The Labute approximate surface area is 190 Å². The second kappa shape index (κ2) is 9.44. The number of carbonyl (C=O) groups is 2. The van der Waals surface area contributed by atoms with Crippen LogP contribution in [0.4, 0.5) is 5.69 Å². The van der Waals surface area contributed by atoms with Crippen molar-refractivity contribution < 1.29 is 27.5 Å². The number of esters is 1. The number of nitrogens with zero attached hydrogens (tertiary/aromatic N) is 2. The number of methoxy groups -OCH3 is 1. The number of ether oxygens (including phenoxy) is 2. The normalized spacial score (nSPS) is 15.9. The second-order valence-electron chi connectivity index (χ2n) is 6.61. The van der Waals surface area contributed by atoms with Crippen LogP contribution in [0.25, 0.3) is 0 Å². The van der Waals surface area contributed by atoms with Crippen LogP contribution in [-0.4, -0.2) is 57.4 Å². The number of para-hydroxylation sites is 2. The van der Waals surface area contributed by atoms with E-state index in [0.29, 0.717) is 11.4 Å². The van der Waals surface area contributed by atoms with E-state index in [1.807, 2.05) is 0 Å². The summed E-state index contributed by atoms with van der Waals surface area (Å²) in [6, 6.07) is 10.8. The van der Waals surface area contributed by atoms with Crippen molar-refractivity contribution in [3.8, 4) is 5.75 Å². The van der Waals surface area contributed by atoms with Crippen LogP contribution < -0.4 is 9.64 Å². The van der Waals surface area contributed by atoms with Gasteiger partial charge in [-0.3, -0.25) is 4.79 Å². The van der Waals surface area contributed by atoms with Crippen molar-refractivity contribution in [1.82, 2.24) is 4.31 Å². The number of benzene rings is 2. The summed E-state index contributed by atoms with van der Waals surface area (Å²) in [5.74, 6) is -0.854. The number of hydrogen-bond donors (Lipinski definition) is 0. The molecule has 0 aromatic heterocycles. The number of sulfonamides is 1. The topological polar surface area (TPSA) is 93.2 Å². The largest absolute Gasteiger partial charge is 0.475 e. The van der Waals surface area contributed by atoms with Crippen molar-refractivity contribution in [2.75, 3.05) is 31.6 Å². The standard InChI is InChI=1S/C20H20Cl2N2O6S/c1-3-23(31(27,28)18-10-13(21)8-9-14(18)22)12-19(25)24-11-17(20(26)29-2)30-16-7-5-4-6-15(16)24/h4-10,17H,3,11-12H2,1-2H3/t17-/m0/s1. The molecule has 1 atom stereocenters. The zero-order chi connectivity index (χ0) is 22.8. The van der Waals surface area contributed by atoms with Gasteiger partial charge in [-0.25, -0.2) is 13.2 Å². The van der Waals surface area contributed by atoms with Crippen LogP contribution in [0, 0.1) is 0 Å². The van der Waals surface area contributed by atoms with E-state index < -0.39 is 34.5 Å². The van der Waals surface area contributed by atoms with Crippen molar-refractivity contribution in [3.63, 3.8) is 0 Å². The molecule has 0 aliphatic carbocycles. The van der Waals surface area contributed by atoms with E-state index >= 15 is 0 Å². The maximum absolute atomic E-state index is 13.2. The molecule has 0 radical (unpaired) electrons. The monoisotopic (exact) mass is 486 g/mol. The Bertz CT molecular complexity index is 1110. The summed E-state index contributed by atoms with van der Waals surface area (Å²) in [6.07, 6.45) is -1.03. The number of rotatable bonds is 6. The molecule has 2 aromatic carbocycles. The van der Waals surface area contributed by atoms with Gasteiger partial charge in [0.05, 0.1) is 30.9 Å². The van der Waals surface area contributed by atoms with Crippen LogP contribution in [0.1, 0.15) is 6.92 Å². The van der Waals surface area contributed by atoms with E-state index in [1.165, 1.54) is 30.2 Å². The molecule has 11 heteroatoms. The number of hydrogen-bond acceptors (Lipinski definition) is 6. The quantitative estimate of drug-likeness (QED) is 0.582. The molecule has 0 fully saturated rings. The first-order chi connectivity index (χ1) is 14.7. The average molecular weight is 487 g/mol. The highest BCUT2D eigenvalue weighted by molar-refractivity contribution is 7.89. The van der Waals surface area contributed by atoms with E-state index in [2.05, 4.69) is 0 Å². The lowest BCUT2D eigenvalue weighted by atomic mass is 10.2. The average Bonchev–Trinajstić information content (AvgIpc) is 2.77. The number of anilines is 1. The Balaban J connectivity index is 1.91. The predicted molar refractivity (Wildman–Crippen MR) is 116 cm³/mol. The van der Waals surface area contributed by atoms with E-state index in [9.17, 15) is 18.0 Å². The van der Waals surface area contributed by atoms with Crippen LogP contribution in [0.15, 0.2) is 47.4 Å². The second-order valence-corrected chi connectivity index (χ2v) is 9.36. The van der Waals surface area contributed by atoms with Crippen molar-refractivity contribution in [2.45, 2.75) is 17.9 Å². The minimum atomic E-state index is -4.10. The summed E-state index contributed by atoms with van der Waals surface area (Å²) in [7, 11) is -2.88. The van der Waals surface area contributed by atoms with E-state index in [-0.39, 0.29) is 28.0 Å². The first kappa shape index (κ1) is 23.3. The molecule has 0 spiro atoms. The van der Waals surface area contributed by atoms with E-state index in [4.69, 9.17) is 32.7 Å². The smallest absolute Gasteiger partial charge is 0.348 e. The van der Waals surface area contributed by atoms with Gasteiger partial charge in [0.25, 0.3) is 0 Å². The molecule has 0 N–H and O–H groups in total. The van der Waals surface area contributed by atoms with Gasteiger partial charge in [0.1, 0.15) is 10.6 Å². The van der Waals surface area contributed by atoms with Crippen LogP contribution in [0.2, 0.25) is 10.0 Å². The first-order valence-corrected chi connectivity index (χ1v) is 11.5. The third-order valence-corrected chi connectivity index (χ3v) is 7.35. The summed E-state index contributed by atoms with van der Waals surface area (Å²) in [5.41, 5.74) is 0.432. The highest BCUT2D eigenvalue weighted by Gasteiger charge is 2.36. The number of amides is 1. The summed E-state index contributed by atoms with van der Waals surface area (Å²) in [6.45, 7) is 1.04. The molecular weight excluding hydrogens is 467 g/mol. The number of fused-ring (bicyclic) bond motifs is 1. The molecule has 0 bridgehead atoms. The van der Waals surface area contributed by atoms with Crippen molar-refractivity contribution in [3.05, 3.63) is 52.5 Å². The molecule has 8 nitrogen and oxygen atoms in total. The SMILES string of the molecule is CCN(CC(=O)N1C[C@@H](C(=O)OC)Oc2ccccc21)S(=O)(=O)c1cc(Cl)ccc1Cl. The molecule has 1 heterocycles. The number of likely N-dealkylation sites (N-methyl/N-ethyl adjacent to an activating group) is 1. The Morgan fingerprint density at radius 1 is 1.23 bits per heavy atom. The molecule has 0 saturated carbocycles. The number of carbonyl (C=O) groups excluding carboxylic acids is 2. The van der Waals surface area contributed by atoms with Gasteiger partial charge in [-0.05, 0) is 30.3 Å². The maximum atomic E-state index is 13.2. The maximum Gasteiger partial charge on any atom is 0.348 e. The summed E-state index contributed by atoms with van der Waals surface area (Å²) < 4.78 is 37.6. The van der Waals surface area contributed by atoms with Crippen molar-refractivity contribution >= 4 is 50.8 Å². The predicted octanol–water partition coefficient (Wildman–Crippen LogP) is 2.97. The summed E-state index contributed by atoms with van der Waals surface area (Å²) >= 11 is 12.0. The minimum absolute atomic E-state index is 0.00206. The summed E-state index contributed by atoms with van der Waals surface area (Å²) in [5, 5.41) is 0.200. The highest BCUT2D eigenvalue weighted by Crippen LogP contribution is 2.34. The first-order valence-electron chi connectivity index (χ1n) is 9.28. The van der Waals surface area contributed by atoms with Gasteiger partial charge in [0.2, 0.25) is 22.0 Å². The third-order valence-electron chi connectivity index (χ3n) is 4.71. The molecule has 31 heavy (non-hydrogen) atoms. The van der Waals surface area contributed by atoms with Crippen molar-refractivity contribution in [2.24, 2.45) is 0 Å². The highest BCUT2D eigenvalue weighted by atomic mass is 35.5. The van der Waals surface area contributed by atoms with Gasteiger partial charge >= 0.3 is 5.97 Å². The van der Waals surface area contributed by atoms with E-state index in [0.717, 1.165) is 4.31 Å². The van der Waals surface area contributed by atoms with Gasteiger partial charge in [-0.15, -0.1) is 0 Å². The van der Waals surface area contributed by atoms with Gasteiger partial charge in [0, 0.05) is 11.6 Å². The van der Waals surface area contributed by atoms with Gasteiger partial charge < -0.3 is 14.4 Å². The zero-order valence-electron chi connectivity index (χ0n) is 16.7. The van der Waals surface area contributed by atoms with Gasteiger partial charge in [-0.2, -0.15) is 4.31 Å². The molecule has 1 aliphatic heterocycles. The van der Waals surface area contributed by atoms with Crippen LogP contribution in [0.3, 0.4) is 0 Å². The molecule has 166 valence electrons. The van der Waals surface area contributed by atoms with Gasteiger partial charge in [0.15, 0.2) is 0 Å². The Kier molecular flexibility index (Phi) is 7.10. The van der Waals surface area contributed by atoms with E-state index in [1.54, 1.807) is 31.2 Å². The lowest BCUT2D eigenvalue weighted by molar-refractivity contribution is -0.148. The van der Waals surface area contributed by atoms with Crippen LogP contribution in [-0.2, 0) is 24.3 Å². The molecule has 3 rings (SSSR count). The fourth-order valence-corrected chi connectivity index (χ4v) is 5.28. The minimum Gasteiger partial charge on any atom is -0.475 e. The Morgan fingerprint density at radius 3 is 2.61 bits per heavy atom. The fourth-order valence-electron chi connectivity index (χ4n) is 3.14. The fraction of sp³-hybridized carbons (Fsp3) is 0.300. The zero-order valence-corrected chi connectivity index (χ0v) is 19.1.